The predicted molar refractivity (Wildman–Crippen MR) is 44.3 cm³/mol. The zero-order valence-electron chi connectivity index (χ0n) is 7.46. The second kappa shape index (κ2) is 6.62. The molecule has 1 atom stereocenters. The molecule has 0 saturated heterocycles. The average molecular weight is 170 g/mol. The maximum atomic E-state index is 11.1. The van der Waals surface area contributed by atoms with E-state index in [0.29, 0.717) is 13.2 Å². The van der Waals surface area contributed by atoms with Crippen LogP contribution in [0.15, 0.2) is 0 Å². The van der Waals surface area contributed by atoms with Crippen molar-refractivity contribution in [2.24, 2.45) is 5.92 Å². The molecular formula is C8H14N2O2. The van der Waals surface area contributed by atoms with E-state index in [9.17, 15) is 4.79 Å². The molecule has 0 rings (SSSR count). The molecule has 0 aromatic heterocycles. The summed E-state index contributed by atoms with van der Waals surface area (Å²) < 4.78 is 4.75. The largest absolute Gasteiger partial charge is 0.383 e. The summed E-state index contributed by atoms with van der Waals surface area (Å²) in [6.07, 6.45) is 0.263. The van der Waals surface area contributed by atoms with E-state index in [1.807, 2.05) is 6.07 Å². The Balaban J connectivity index is 3.51. The summed E-state index contributed by atoms with van der Waals surface area (Å²) in [5, 5.41) is 11.0. The third kappa shape index (κ3) is 4.69. The zero-order valence-corrected chi connectivity index (χ0v) is 7.46. The Morgan fingerprint density at radius 2 is 2.42 bits per heavy atom. The van der Waals surface area contributed by atoms with Crippen molar-refractivity contribution >= 4 is 5.91 Å². The molecule has 1 N–H and O–H groups in total. The predicted octanol–water partition coefficient (Wildman–Crippen LogP) is 0.299. The van der Waals surface area contributed by atoms with E-state index in [-0.39, 0.29) is 18.2 Å². The van der Waals surface area contributed by atoms with Crippen LogP contribution in [0.25, 0.3) is 0 Å². The summed E-state index contributed by atoms with van der Waals surface area (Å²) in [4.78, 5) is 11.1. The van der Waals surface area contributed by atoms with Gasteiger partial charge in [-0.2, -0.15) is 5.26 Å². The van der Waals surface area contributed by atoms with Crippen LogP contribution in [-0.2, 0) is 9.53 Å². The van der Waals surface area contributed by atoms with Crippen molar-refractivity contribution < 1.29 is 9.53 Å². The average Bonchev–Trinajstić information content (AvgIpc) is 2.05. The number of methoxy groups -OCH3 is 1. The third-order valence-corrected chi connectivity index (χ3v) is 1.45. The molecule has 1 amide bonds. The number of nitrogens with one attached hydrogen (secondary N) is 1. The van der Waals surface area contributed by atoms with Gasteiger partial charge in [0.2, 0.25) is 5.91 Å². The van der Waals surface area contributed by atoms with Crippen molar-refractivity contribution in [2.45, 2.75) is 13.3 Å². The van der Waals surface area contributed by atoms with E-state index in [1.165, 1.54) is 0 Å². The topological polar surface area (TPSA) is 62.1 Å². The summed E-state index contributed by atoms with van der Waals surface area (Å²) in [6, 6.07) is 1.95. The van der Waals surface area contributed by atoms with Gasteiger partial charge in [0.05, 0.1) is 12.7 Å². The quantitative estimate of drug-likeness (QED) is 0.603. The first-order chi connectivity index (χ1) is 5.72. The SMILES string of the molecule is COCCNC(=O)C(C)CC#N. The highest BCUT2D eigenvalue weighted by Gasteiger charge is 2.10. The molecule has 0 spiro atoms. The first kappa shape index (κ1) is 10.9. The molecule has 0 bridgehead atoms. The number of carbonyl (C=O) groups excluding carboxylic acids is 1. The van der Waals surface area contributed by atoms with E-state index in [0.717, 1.165) is 0 Å². The Morgan fingerprint density at radius 3 is 2.92 bits per heavy atom. The van der Waals surface area contributed by atoms with E-state index in [4.69, 9.17) is 10.00 Å². The lowest BCUT2D eigenvalue weighted by molar-refractivity contribution is -0.124. The maximum Gasteiger partial charge on any atom is 0.223 e. The van der Waals surface area contributed by atoms with Gasteiger partial charge in [0, 0.05) is 26.0 Å². The van der Waals surface area contributed by atoms with Crippen LogP contribution in [0.1, 0.15) is 13.3 Å². The minimum atomic E-state index is -0.230. The number of ether oxygens (including phenoxy) is 1. The van der Waals surface area contributed by atoms with Crippen LogP contribution in [0.2, 0.25) is 0 Å². The van der Waals surface area contributed by atoms with Crippen LogP contribution in [0, 0.1) is 17.2 Å². The Bertz CT molecular complexity index is 174. The highest BCUT2D eigenvalue weighted by Crippen LogP contribution is 1.98. The minimum Gasteiger partial charge on any atom is -0.383 e. The maximum absolute atomic E-state index is 11.1. The van der Waals surface area contributed by atoms with E-state index < -0.39 is 0 Å². The second-order valence-electron chi connectivity index (χ2n) is 2.55. The molecule has 0 aromatic carbocycles. The number of carbonyl (C=O) groups is 1. The highest BCUT2D eigenvalue weighted by molar-refractivity contribution is 5.78. The van der Waals surface area contributed by atoms with Gasteiger partial charge in [-0.05, 0) is 0 Å². The van der Waals surface area contributed by atoms with Crippen LogP contribution in [0.5, 0.6) is 0 Å². The number of nitrogens with zero attached hydrogens (tertiary/aromatic N) is 1. The lowest BCUT2D eigenvalue weighted by Gasteiger charge is -2.07. The molecule has 0 aliphatic carbocycles. The van der Waals surface area contributed by atoms with Crippen molar-refractivity contribution in [3.05, 3.63) is 0 Å². The first-order valence-corrected chi connectivity index (χ1v) is 3.86. The van der Waals surface area contributed by atoms with Gasteiger partial charge in [0.25, 0.3) is 0 Å². The molecule has 12 heavy (non-hydrogen) atoms. The zero-order chi connectivity index (χ0) is 9.40. The van der Waals surface area contributed by atoms with E-state index in [2.05, 4.69) is 5.32 Å². The lowest BCUT2D eigenvalue weighted by Crippen LogP contribution is -2.31. The molecule has 0 aliphatic heterocycles. The first-order valence-electron chi connectivity index (χ1n) is 3.86. The minimum absolute atomic E-state index is 0.0893. The highest BCUT2D eigenvalue weighted by atomic mass is 16.5. The smallest absolute Gasteiger partial charge is 0.223 e. The van der Waals surface area contributed by atoms with Crippen LogP contribution in [0.3, 0.4) is 0 Å². The van der Waals surface area contributed by atoms with Gasteiger partial charge in [0.1, 0.15) is 0 Å². The molecule has 1 unspecified atom stereocenters. The van der Waals surface area contributed by atoms with Gasteiger partial charge in [0.15, 0.2) is 0 Å². The van der Waals surface area contributed by atoms with Crippen LogP contribution >= 0.6 is 0 Å². The fourth-order valence-corrected chi connectivity index (χ4v) is 0.680. The molecule has 4 nitrogen and oxygen atoms in total. The Hall–Kier alpha value is -1.08. The number of rotatable bonds is 5. The normalized spacial score (nSPS) is 11.8. The van der Waals surface area contributed by atoms with Crippen molar-refractivity contribution in [1.29, 1.82) is 5.26 Å². The van der Waals surface area contributed by atoms with Crippen LogP contribution in [0.4, 0.5) is 0 Å². The van der Waals surface area contributed by atoms with Gasteiger partial charge in [-0.1, -0.05) is 6.92 Å². The fraction of sp³-hybridized carbons (Fsp3) is 0.750. The van der Waals surface area contributed by atoms with Crippen molar-refractivity contribution in [1.82, 2.24) is 5.32 Å². The Labute approximate surface area is 72.5 Å². The summed E-state index contributed by atoms with van der Waals surface area (Å²) in [7, 11) is 1.57. The Morgan fingerprint density at radius 1 is 1.75 bits per heavy atom. The number of hydrogen-bond acceptors (Lipinski definition) is 3. The lowest BCUT2D eigenvalue weighted by atomic mass is 10.1. The molecule has 0 heterocycles. The van der Waals surface area contributed by atoms with Crippen LogP contribution < -0.4 is 5.32 Å². The van der Waals surface area contributed by atoms with Gasteiger partial charge in [-0.15, -0.1) is 0 Å². The summed E-state index contributed by atoms with van der Waals surface area (Å²) >= 11 is 0. The number of nitriles is 1. The van der Waals surface area contributed by atoms with Crippen LogP contribution in [-0.4, -0.2) is 26.2 Å². The van der Waals surface area contributed by atoms with E-state index >= 15 is 0 Å². The molecule has 0 aromatic rings. The van der Waals surface area contributed by atoms with Crippen molar-refractivity contribution in [3.63, 3.8) is 0 Å². The Kier molecular flexibility index (Phi) is 6.02. The van der Waals surface area contributed by atoms with Gasteiger partial charge in [-0.3, -0.25) is 4.79 Å². The third-order valence-electron chi connectivity index (χ3n) is 1.45. The van der Waals surface area contributed by atoms with Gasteiger partial charge < -0.3 is 10.1 Å². The molecule has 0 radical (unpaired) electrons. The van der Waals surface area contributed by atoms with Gasteiger partial charge in [-0.25, -0.2) is 0 Å². The summed E-state index contributed by atoms with van der Waals surface area (Å²) in [5.74, 6) is -0.319. The number of amides is 1. The summed E-state index contributed by atoms with van der Waals surface area (Å²) in [6.45, 7) is 2.74. The van der Waals surface area contributed by atoms with Gasteiger partial charge >= 0.3 is 0 Å². The number of hydrogen-bond donors (Lipinski definition) is 1. The summed E-state index contributed by atoms with van der Waals surface area (Å²) in [5.41, 5.74) is 0. The molecule has 4 heteroatoms. The fourth-order valence-electron chi connectivity index (χ4n) is 0.680. The monoisotopic (exact) mass is 170 g/mol. The van der Waals surface area contributed by atoms with E-state index in [1.54, 1.807) is 14.0 Å². The molecule has 0 aliphatic rings. The second-order valence-corrected chi connectivity index (χ2v) is 2.55. The van der Waals surface area contributed by atoms with Crippen molar-refractivity contribution in [2.75, 3.05) is 20.3 Å². The van der Waals surface area contributed by atoms with Crippen molar-refractivity contribution in [3.8, 4) is 6.07 Å². The standard InChI is InChI=1S/C8H14N2O2/c1-7(3-4-9)8(11)10-5-6-12-2/h7H,3,5-6H2,1-2H3,(H,10,11). The molecule has 0 fully saturated rings. The molecule has 0 saturated carbocycles. The molecular weight excluding hydrogens is 156 g/mol. The molecule has 68 valence electrons.